The van der Waals surface area contributed by atoms with Gasteiger partial charge in [-0.3, -0.25) is 0 Å². The molecule has 0 aromatic carbocycles. The van der Waals surface area contributed by atoms with Crippen LogP contribution in [0, 0.1) is 0 Å². The molecule has 0 fully saturated rings. The van der Waals surface area contributed by atoms with Gasteiger partial charge in [0.2, 0.25) is 0 Å². The Labute approximate surface area is 129 Å². The fourth-order valence-corrected chi connectivity index (χ4v) is 1.32. The average molecular weight is 378 g/mol. The van der Waals surface area contributed by atoms with Crippen LogP contribution in [0.5, 0.6) is 0 Å². The smallest absolute Gasteiger partial charge is 0.392 e. The predicted molar refractivity (Wildman–Crippen MR) is 60.8 cm³/mol. The second-order valence-electron chi connectivity index (χ2n) is 4.85. The predicted octanol–water partition coefficient (Wildman–Crippen LogP) is 4.69. The van der Waals surface area contributed by atoms with Gasteiger partial charge in [-0.2, -0.15) is 39.5 Å². The molecule has 24 heavy (non-hydrogen) atoms. The van der Waals surface area contributed by atoms with E-state index in [1.807, 2.05) is 0 Å². The number of carbonyl (C=O) groups excluding carboxylic acids is 1. The molecule has 0 spiro atoms. The van der Waals surface area contributed by atoms with Gasteiger partial charge < -0.3 is 4.74 Å². The van der Waals surface area contributed by atoms with Crippen molar-refractivity contribution in [3.8, 4) is 0 Å². The standard InChI is InChI=1S/C12H12F10O2/c1-6(2)8(23)24-4-3-9(14,15)12(21,22)11(19,20)7(13)5-10(16,17)18/h7H,1,3-5H2,2H3. The van der Waals surface area contributed by atoms with Gasteiger partial charge in [-0.1, -0.05) is 6.58 Å². The minimum atomic E-state index is -6.44. The highest BCUT2D eigenvalue weighted by Crippen LogP contribution is 2.51. The second kappa shape index (κ2) is 7.18. The van der Waals surface area contributed by atoms with Gasteiger partial charge in [0.1, 0.15) is 0 Å². The quantitative estimate of drug-likeness (QED) is 0.348. The Hall–Kier alpha value is -1.49. The van der Waals surface area contributed by atoms with Gasteiger partial charge in [0.25, 0.3) is 0 Å². The Morgan fingerprint density at radius 3 is 1.88 bits per heavy atom. The summed E-state index contributed by atoms with van der Waals surface area (Å²) in [6.07, 6.45) is -15.4. The number of hydrogen-bond donors (Lipinski definition) is 0. The van der Waals surface area contributed by atoms with E-state index >= 15 is 0 Å². The summed E-state index contributed by atoms with van der Waals surface area (Å²) >= 11 is 0. The Morgan fingerprint density at radius 1 is 1.04 bits per heavy atom. The summed E-state index contributed by atoms with van der Waals surface area (Å²) in [5.41, 5.74) is -0.301. The summed E-state index contributed by atoms with van der Waals surface area (Å²) in [6.45, 7) is 2.65. The number of hydrogen-bond acceptors (Lipinski definition) is 2. The van der Waals surface area contributed by atoms with Gasteiger partial charge in [-0.05, 0) is 6.92 Å². The van der Waals surface area contributed by atoms with E-state index in [0.29, 0.717) is 0 Å². The number of alkyl halides is 10. The Morgan fingerprint density at radius 2 is 1.50 bits per heavy atom. The first-order chi connectivity index (χ1) is 10.5. The van der Waals surface area contributed by atoms with E-state index < -0.39 is 55.5 Å². The lowest BCUT2D eigenvalue weighted by molar-refractivity contribution is -0.333. The third kappa shape index (κ3) is 5.26. The molecule has 0 aliphatic rings. The fourth-order valence-electron chi connectivity index (χ4n) is 1.32. The molecular weight excluding hydrogens is 366 g/mol. The van der Waals surface area contributed by atoms with E-state index in [4.69, 9.17) is 0 Å². The van der Waals surface area contributed by atoms with Gasteiger partial charge in [-0.15, -0.1) is 0 Å². The van der Waals surface area contributed by atoms with Gasteiger partial charge in [0, 0.05) is 5.57 Å². The minimum absolute atomic E-state index is 0.301. The average Bonchev–Trinajstić information content (AvgIpc) is 2.35. The Balaban J connectivity index is 5.15. The molecule has 0 heterocycles. The zero-order chi connectivity index (χ0) is 19.6. The van der Waals surface area contributed by atoms with Crippen molar-refractivity contribution in [3.05, 3.63) is 12.2 Å². The molecule has 0 aliphatic heterocycles. The second-order valence-corrected chi connectivity index (χ2v) is 4.85. The first-order valence-corrected chi connectivity index (χ1v) is 6.12. The molecule has 1 atom stereocenters. The number of halogens is 10. The van der Waals surface area contributed by atoms with Crippen LogP contribution in [0.25, 0.3) is 0 Å². The lowest BCUT2D eigenvalue weighted by Crippen LogP contribution is -2.59. The third-order valence-electron chi connectivity index (χ3n) is 2.68. The molecule has 0 saturated heterocycles. The van der Waals surface area contributed by atoms with Crippen molar-refractivity contribution >= 4 is 5.97 Å². The Kier molecular flexibility index (Phi) is 6.73. The van der Waals surface area contributed by atoms with Gasteiger partial charge >= 0.3 is 29.9 Å². The van der Waals surface area contributed by atoms with Crippen molar-refractivity contribution in [2.24, 2.45) is 0 Å². The van der Waals surface area contributed by atoms with Crippen LogP contribution in [0.1, 0.15) is 19.8 Å². The fraction of sp³-hybridized carbons (Fsp3) is 0.750. The molecule has 0 N–H and O–H groups in total. The molecule has 0 aromatic heterocycles. The molecule has 0 aliphatic carbocycles. The summed E-state index contributed by atoms with van der Waals surface area (Å²) in [5.74, 6) is -19.7. The van der Waals surface area contributed by atoms with Crippen LogP contribution in [0.2, 0.25) is 0 Å². The molecular formula is C12H12F10O2. The van der Waals surface area contributed by atoms with Crippen LogP contribution in [0.4, 0.5) is 43.9 Å². The normalized spacial score (nSPS) is 15.1. The van der Waals surface area contributed by atoms with E-state index in [1.54, 1.807) is 0 Å². The number of ether oxygens (including phenoxy) is 1. The molecule has 0 aromatic rings. The van der Waals surface area contributed by atoms with E-state index in [1.165, 1.54) is 0 Å². The molecule has 12 heteroatoms. The summed E-state index contributed by atoms with van der Waals surface area (Å²) < 4.78 is 132. The lowest BCUT2D eigenvalue weighted by Gasteiger charge is -2.34. The van der Waals surface area contributed by atoms with Crippen LogP contribution < -0.4 is 0 Å². The van der Waals surface area contributed by atoms with Gasteiger partial charge in [-0.25, -0.2) is 9.18 Å². The minimum Gasteiger partial charge on any atom is -0.462 e. The van der Waals surface area contributed by atoms with Crippen molar-refractivity contribution in [1.29, 1.82) is 0 Å². The third-order valence-corrected chi connectivity index (χ3v) is 2.68. The van der Waals surface area contributed by atoms with Crippen LogP contribution in [0.3, 0.4) is 0 Å². The highest BCUT2D eigenvalue weighted by molar-refractivity contribution is 5.86. The van der Waals surface area contributed by atoms with E-state index in [0.717, 1.165) is 6.92 Å². The van der Waals surface area contributed by atoms with E-state index in [2.05, 4.69) is 11.3 Å². The number of esters is 1. The van der Waals surface area contributed by atoms with E-state index in [9.17, 15) is 48.7 Å². The topological polar surface area (TPSA) is 26.3 Å². The van der Waals surface area contributed by atoms with Crippen LogP contribution in [0.15, 0.2) is 12.2 Å². The summed E-state index contributed by atoms with van der Waals surface area (Å²) in [7, 11) is 0. The van der Waals surface area contributed by atoms with Crippen LogP contribution in [-0.4, -0.2) is 42.7 Å². The highest BCUT2D eigenvalue weighted by atomic mass is 19.4. The monoisotopic (exact) mass is 378 g/mol. The molecule has 0 rings (SSSR count). The first kappa shape index (κ1) is 22.5. The maximum absolute atomic E-state index is 13.3. The number of rotatable bonds is 8. The maximum atomic E-state index is 13.3. The SMILES string of the molecule is C=C(C)C(=O)OCCC(F)(F)C(F)(F)C(F)(F)C(F)CC(F)(F)F. The molecule has 1 unspecified atom stereocenters. The van der Waals surface area contributed by atoms with Crippen molar-refractivity contribution < 1.29 is 53.4 Å². The van der Waals surface area contributed by atoms with Gasteiger partial charge in [0.15, 0.2) is 6.17 Å². The van der Waals surface area contributed by atoms with E-state index in [-0.39, 0.29) is 5.57 Å². The lowest BCUT2D eigenvalue weighted by atomic mass is 9.96. The molecule has 142 valence electrons. The summed E-state index contributed by atoms with van der Waals surface area (Å²) in [4.78, 5) is 10.9. The summed E-state index contributed by atoms with van der Waals surface area (Å²) in [6, 6.07) is 0. The molecule has 2 nitrogen and oxygen atoms in total. The summed E-state index contributed by atoms with van der Waals surface area (Å²) in [5, 5.41) is 0. The van der Waals surface area contributed by atoms with Crippen molar-refractivity contribution in [2.75, 3.05) is 6.61 Å². The van der Waals surface area contributed by atoms with Crippen LogP contribution in [-0.2, 0) is 9.53 Å². The van der Waals surface area contributed by atoms with Crippen molar-refractivity contribution in [2.45, 2.75) is 49.9 Å². The first-order valence-electron chi connectivity index (χ1n) is 6.12. The van der Waals surface area contributed by atoms with Crippen molar-refractivity contribution in [3.63, 3.8) is 0 Å². The van der Waals surface area contributed by atoms with Crippen molar-refractivity contribution in [1.82, 2.24) is 0 Å². The highest BCUT2D eigenvalue weighted by Gasteiger charge is 2.74. The zero-order valence-electron chi connectivity index (χ0n) is 12.0. The molecule has 0 radical (unpaired) electrons. The molecule has 0 amide bonds. The molecule has 0 saturated carbocycles. The number of carbonyl (C=O) groups is 1. The van der Waals surface area contributed by atoms with Crippen LogP contribution >= 0.6 is 0 Å². The largest absolute Gasteiger partial charge is 0.462 e. The Bertz CT molecular complexity index is 469. The molecule has 0 bridgehead atoms. The zero-order valence-corrected chi connectivity index (χ0v) is 12.0. The van der Waals surface area contributed by atoms with Gasteiger partial charge in [0.05, 0.1) is 19.4 Å². The maximum Gasteiger partial charge on any atom is 0.392 e.